The van der Waals surface area contributed by atoms with Crippen molar-refractivity contribution in [2.45, 2.75) is 19.3 Å². The molecule has 1 aliphatic carbocycles. The van der Waals surface area contributed by atoms with Crippen LogP contribution in [0.3, 0.4) is 0 Å². The van der Waals surface area contributed by atoms with Crippen molar-refractivity contribution >= 4 is 17.0 Å². The summed E-state index contributed by atoms with van der Waals surface area (Å²) >= 11 is 0. The first kappa shape index (κ1) is 32.9. The first-order valence-corrected chi connectivity index (χ1v) is 17.0. The number of nitrogens with zero attached hydrogens (tertiary/aromatic N) is 2. The predicted molar refractivity (Wildman–Crippen MR) is 203 cm³/mol. The summed E-state index contributed by atoms with van der Waals surface area (Å²) in [5, 5.41) is 1.18. The van der Waals surface area contributed by atoms with Crippen LogP contribution in [0.25, 0.3) is 73.2 Å². The normalized spacial score (nSPS) is 13.5. The van der Waals surface area contributed by atoms with Gasteiger partial charge in [-0.1, -0.05) is 84.4 Å². The molecule has 0 bridgehead atoms. The van der Waals surface area contributed by atoms with Crippen LogP contribution in [0.2, 0.25) is 0 Å². The smallest absolute Gasteiger partial charge is 0.456 e. The fourth-order valence-electron chi connectivity index (χ4n) is 6.99. The second-order valence-electron chi connectivity index (χ2n) is 12.9. The van der Waals surface area contributed by atoms with E-state index in [2.05, 4.69) is 128 Å². The zero-order valence-corrected chi connectivity index (χ0v) is 32.3. The molecule has 51 heavy (non-hydrogen) atoms. The third-order valence-corrected chi connectivity index (χ3v) is 9.52. The predicted octanol–water partition coefficient (Wildman–Crippen LogP) is 11.8. The van der Waals surface area contributed by atoms with Crippen LogP contribution in [0, 0.1) is 50.2 Å². The topological polar surface area (TPSA) is 38.9 Å². The zero-order chi connectivity index (χ0) is 33.4. The van der Waals surface area contributed by atoms with Crippen molar-refractivity contribution in [1.82, 2.24) is 9.97 Å². The summed E-state index contributed by atoms with van der Waals surface area (Å²) in [6, 6.07) is 57.3. The summed E-state index contributed by atoms with van der Waals surface area (Å²) in [7, 11) is 0. The van der Waals surface area contributed by atoms with E-state index in [0.29, 0.717) is 5.82 Å². The van der Waals surface area contributed by atoms with Gasteiger partial charge in [0.2, 0.25) is 0 Å². The summed E-state index contributed by atoms with van der Waals surface area (Å²) in [4.78, 5) is 10.3. The van der Waals surface area contributed by atoms with Crippen LogP contribution in [-0.4, -0.2) is 9.97 Å². The number of hydrogen-bond donors (Lipinski definition) is 0. The molecule has 0 amide bonds. The molecule has 0 aliphatic heterocycles. The number of rotatable bonds is 6. The second-order valence-corrected chi connectivity index (χ2v) is 12.9. The molecular weight excluding hydrogens is 847 g/mol. The molecule has 0 fully saturated rings. The third-order valence-electron chi connectivity index (χ3n) is 9.52. The van der Waals surface area contributed by atoms with Crippen LogP contribution in [0.15, 0.2) is 156 Å². The molecule has 9 rings (SSSR count). The van der Waals surface area contributed by atoms with E-state index in [4.69, 9.17) is 14.4 Å². The minimum Gasteiger partial charge on any atom is -0.456 e. The number of para-hydroxylation sites is 1. The Morgan fingerprint density at radius 3 is 2.22 bits per heavy atom. The molecule has 0 saturated carbocycles. The number of hydrogen-bond acceptors (Lipinski definition) is 3. The van der Waals surface area contributed by atoms with Crippen molar-refractivity contribution in [3.8, 4) is 56.2 Å². The standard InChI is InChI=1S/C47H32N2O.U/c1-31-12-10-19-37(24-31)43-30-44(49-47(48-43)33-15-6-3-7-16-33)40-27-38(35-18-11-17-34(25-35)32-13-4-2-5-14-32)26-39(28-40)36-22-23-46-42(29-36)41-20-8-9-21-45(41)50-46;/h2-13,15-16,18-28,30,36H,29H2,1H3;/q-2;+2. The molecule has 6 aromatic carbocycles. The minimum absolute atomic E-state index is 0. The zero-order valence-electron chi connectivity index (χ0n) is 28.1. The van der Waals surface area contributed by atoms with Crippen LogP contribution in [-0.2, 0) is 6.42 Å². The number of aryl methyl sites for hydroxylation is 1. The van der Waals surface area contributed by atoms with Gasteiger partial charge in [0.15, 0.2) is 5.82 Å². The molecular formula is C47H32N2OU. The third kappa shape index (κ3) is 6.66. The van der Waals surface area contributed by atoms with Crippen LogP contribution >= 0.6 is 0 Å². The van der Waals surface area contributed by atoms with Crippen LogP contribution < -0.4 is 0 Å². The van der Waals surface area contributed by atoms with Gasteiger partial charge in [0.25, 0.3) is 0 Å². The first-order valence-electron chi connectivity index (χ1n) is 17.0. The van der Waals surface area contributed by atoms with Gasteiger partial charge in [-0.15, -0.1) is 17.7 Å². The monoisotopic (exact) mass is 878 g/mol. The molecule has 0 N–H and O–H groups in total. The van der Waals surface area contributed by atoms with Gasteiger partial charge in [-0.05, 0) is 60.9 Å². The van der Waals surface area contributed by atoms with E-state index in [1.807, 2.05) is 48.5 Å². The van der Waals surface area contributed by atoms with Crippen molar-refractivity contribution in [2.24, 2.45) is 0 Å². The molecule has 2 heterocycles. The van der Waals surface area contributed by atoms with Crippen LogP contribution in [0.1, 0.15) is 28.4 Å². The number of aromatic nitrogens is 2. The molecule has 0 saturated heterocycles. The maximum Gasteiger partial charge on any atom is 2.00 e. The van der Waals surface area contributed by atoms with E-state index in [-0.39, 0.29) is 37.0 Å². The number of benzene rings is 6. The van der Waals surface area contributed by atoms with Crippen molar-refractivity contribution in [3.05, 3.63) is 186 Å². The molecule has 4 heteroatoms. The molecule has 2 aromatic heterocycles. The van der Waals surface area contributed by atoms with Crippen molar-refractivity contribution < 1.29 is 35.5 Å². The average Bonchev–Trinajstić information content (AvgIpc) is 3.56. The van der Waals surface area contributed by atoms with Crippen molar-refractivity contribution in [3.63, 3.8) is 0 Å². The number of fused-ring (bicyclic) bond motifs is 3. The average molecular weight is 879 g/mol. The molecule has 1 atom stereocenters. The van der Waals surface area contributed by atoms with E-state index in [0.717, 1.165) is 68.1 Å². The molecule has 1 aliphatic rings. The summed E-state index contributed by atoms with van der Waals surface area (Å²) in [5.74, 6) is 1.81. The Balaban J connectivity index is 0.00000374. The van der Waals surface area contributed by atoms with E-state index in [9.17, 15) is 0 Å². The Bertz CT molecular complexity index is 2530. The first-order chi connectivity index (χ1) is 24.6. The number of allylic oxidation sites excluding steroid dienone is 1. The van der Waals surface area contributed by atoms with E-state index in [1.165, 1.54) is 22.1 Å². The number of furan rings is 1. The Morgan fingerprint density at radius 2 is 1.37 bits per heavy atom. The molecule has 8 aromatic rings. The molecule has 0 radical (unpaired) electrons. The molecule has 3 nitrogen and oxygen atoms in total. The summed E-state index contributed by atoms with van der Waals surface area (Å²) < 4.78 is 6.22. The van der Waals surface area contributed by atoms with Gasteiger partial charge < -0.3 is 4.42 Å². The van der Waals surface area contributed by atoms with Gasteiger partial charge in [-0.25, -0.2) is 21.1 Å². The maximum atomic E-state index is 6.22. The van der Waals surface area contributed by atoms with Crippen molar-refractivity contribution in [1.29, 1.82) is 0 Å². The van der Waals surface area contributed by atoms with Crippen molar-refractivity contribution in [2.75, 3.05) is 0 Å². The van der Waals surface area contributed by atoms with Gasteiger partial charge in [0.05, 0.1) is 11.4 Å². The summed E-state index contributed by atoms with van der Waals surface area (Å²) in [6.07, 6.45) is 5.28. The van der Waals surface area contributed by atoms with Gasteiger partial charge in [-0.2, -0.15) is 42.5 Å². The Kier molecular flexibility index (Phi) is 9.14. The molecule has 240 valence electrons. The summed E-state index contributed by atoms with van der Waals surface area (Å²) in [6.45, 7) is 2.12. The van der Waals surface area contributed by atoms with Gasteiger partial charge in [0.1, 0.15) is 11.3 Å². The molecule has 0 spiro atoms. The SMILES string of the molecule is Cc1cccc(-c2cc(-c3cc(-c4cc[c-]c(-c5[c-]cccc5)c4)cc(C4C=Cc5oc6ccccc6c5C4)c3)nc(-c3ccccc3)n2)c1.[U+2]. The quantitative estimate of drug-likeness (QED) is 0.156. The van der Waals surface area contributed by atoms with Crippen LogP contribution in [0.5, 0.6) is 0 Å². The second kappa shape index (κ2) is 14.2. The molecule has 1 unspecified atom stereocenters. The minimum atomic E-state index is 0. The fraction of sp³-hybridized carbons (Fsp3) is 0.0638. The maximum absolute atomic E-state index is 6.22. The Labute approximate surface area is 322 Å². The fourth-order valence-corrected chi connectivity index (χ4v) is 6.99. The van der Waals surface area contributed by atoms with E-state index in [1.54, 1.807) is 0 Å². The Hall–Kier alpha value is -5.27. The Morgan fingerprint density at radius 1 is 0.608 bits per heavy atom. The largest absolute Gasteiger partial charge is 2.00 e. The summed E-state index contributed by atoms with van der Waals surface area (Å²) in [5.41, 5.74) is 13.7. The van der Waals surface area contributed by atoms with Gasteiger partial charge >= 0.3 is 31.1 Å². The van der Waals surface area contributed by atoms with Gasteiger partial charge in [-0.3, -0.25) is 0 Å². The van der Waals surface area contributed by atoms with E-state index < -0.39 is 0 Å². The van der Waals surface area contributed by atoms with Crippen LogP contribution in [0.4, 0.5) is 0 Å². The van der Waals surface area contributed by atoms with E-state index >= 15 is 0 Å². The van der Waals surface area contributed by atoms with Gasteiger partial charge in [0, 0.05) is 33.6 Å².